The van der Waals surface area contributed by atoms with E-state index in [9.17, 15) is 27.6 Å². The van der Waals surface area contributed by atoms with E-state index in [0.29, 0.717) is 24.5 Å². The average molecular weight is 499 g/mol. The molecule has 1 aromatic carbocycles. The number of benzene rings is 1. The Morgan fingerprint density at radius 1 is 1.06 bits per heavy atom. The van der Waals surface area contributed by atoms with Crippen LogP contribution < -0.4 is 10.1 Å². The molecular weight excluding hydrogens is 468 g/mol. The van der Waals surface area contributed by atoms with Gasteiger partial charge in [-0.2, -0.15) is 4.31 Å². The zero-order valence-corrected chi connectivity index (χ0v) is 20.5. The molecule has 1 fully saturated rings. The number of imide groups is 2. The lowest BCUT2D eigenvalue weighted by Crippen LogP contribution is -2.39. The number of sulfonamides is 1. The third-order valence-corrected chi connectivity index (χ3v) is 7.15. The van der Waals surface area contributed by atoms with Crippen LogP contribution in [0.5, 0.6) is 5.75 Å². The number of carbonyl (C=O) groups excluding carboxylic acids is 4. The Morgan fingerprint density at radius 3 is 2.29 bits per heavy atom. The van der Waals surface area contributed by atoms with E-state index >= 15 is 0 Å². The van der Waals surface area contributed by atoms with Gasteiger partial charge in [-0.25, -0.2) is 18.1 Å². The van der Waals surface area contributed by atoms with Gasteiger partial charge in [0, 0.05) is 32.8 Å². The number of methoxy groups -OCH3 is 1. The van der Waals surface area contributed by atoms with Gasteiger partial charge in [0.15, 0.2) is 0 Å². The summed E-state index contributed by atoms with van der Waals surface area (Å²) < 4.78 is 37.3. The fourth-order valence-corrected chi connectivity index (χ4v) is 4.83. The number of nitrogens with zero attached hydrogens (tertiary/aromatic N) is 3. The molecule has 0 saturated carbocycles. The quantitative estimate of drug-likeness (QED) is 0.240. The number of ether oxygens (including phenoxy) is 2. The molecule has 1 aromatic rings. The maximum absolute atomic E-state index is 12.8. The minimum absolute atomic E-state index is 0.0133. The van der Waals surface area contributed by atoms with E-state index in [0.717, 1.165) is 4.90 Å². The molecule has 34 heavy (non-hydrogen) atoms. The molecule has 5 amide bonds. The zero-order valence-electron chi connectivity index (χ0n) is 19.7. The van der Waals surface area contributed by atoms with E-state index in [1.54, 1.807) is 20.8 Å². The van der Waals surface area contributed by atoms with Crippen LogP contribution in [0.15, 0.2) is 23.1 Å². The molecule has 0 unspecified atom stereocenters. The van der Waals surface area contributed by atoms with Gasteiger partial charge in [-0.15, -0.1) is 0 Å². The highest BCUT2D eigenvalue weighted by molar-refractivity contribution is 7.89. The van der Waals surface area contributed by atoms with Crippen molar-refractivity contribution in [1.29, 1.82) is 0 Å². The number of hydrogen-bond acceptors (Lipinski definition) is 8. The molecular formula is C21H30N4O8S. The molecule has 12 nitrogen and oxygen atoms in total. The number of hydrogen-bond donors (Lipinski definition) is 1. The van der Waals surface area contributed by atoms with Gasteiger partial charge in [-0.3, -0.25) is 19.3 Å². The summed E-state index contributed by atoms with van der Waals surface area (Å²) in [5.74, 6) is -2.75. The van der Waals surface area contributed by atoms with Crippen LogP contribution in [-0.2, 0) is 29.1 Å². The summed E-state index contributed by atoms with van der Waals surface area (Å²) in [6.45, 7) is 5.81. The van der Waals surface area contributed by atoms with Crippen molar-refractivity contribution in [1.82, 2.24) is 14.1 Å². The number of amides is 5. The SMILES string of the molecule is CCOCCCN1C(=O)C(=O)N(CC(=O)Nc2cc(S(=O)(=O)N(CC)CC)ccc2OC)C1=O. The van der Waals surface area contributed by atoms with Crippen molar-refractivity contribution in [2.24, 2.45) is 0 Å². The summed E-state index contributed by atoms with van der Waals surface area (Å²) in [5.41, 5.74) is 0.0414. The molecule has 0 spiro atoms. The van der Waals surface area contributed by atoms with Crippen LogP contribution in [0.2, 0.25) is 0 Å². The Labute approximate surface area is 198 Å². The summed E-state index contributed by atoms with van der Waals surface area (Å²) in [5, 5.41) is 2.46. The molecule has 0 aliphatic carbocycles. The Morgan fingerprint density at radius 2 is 1.71 bits per heavy atom. The first kappa shape index (κ1) is 27.2. The maximum atomic E-state index is 12.8. The average Bonchev–Trinajstić information content (AvgIpc) is 3.00. The van der Waals surface area contributed by atoms with Gasteiger partial charge in [0.25, 0.3) is 0 Å². The lowest BCUT2D eigenvalue weighted by Gasteiger charge is -2.20. The van der Waals surface area contributed by atoms with E-state index in [1.807, 2.05) is 0 Å². The number of nitrogens with one attached hydrogen (secondary N) is 1. The monoisotopic (exact) mass is 498 g/mol. The van der Waals surface area contributed by atoms with Crippen molar-refractivity contribution >= 4 is 39.5 Å². The van der Waals surface area contributed by atoms with Gasteiger partial charge in [0.2, 0.25) is 15.9 Å². The Bertz CT molecular complexity index is 1040. The smallest absolute Gasteiger partial charge is 0.334 e. The highest BCUT2D eigenvalue weighted by Gasteiger charge is 2.44. The highest BCUT2D eigenvalue weighted by Crippen LogP contribution is 2.29. The first-order valence-corrected chi connectivity index (χ1v) is 12.3. The van der Waals surface area contributed by atoms with Gasteiger partial charge < -0.3 is 14.8 Å². The second kappa shape index (κ2) is 11.9. The van der Waals surface area contributed by atoms with Crippen LogP contribution in [-0.4, -0.2) is 92.8 Å². The Balaban J connectivity index is 2.17. The number of urea groups is 1. The van der Waals surface area contributed by atoms with E-state index in [2.05, 4.69) is 5.32 Å². The van der Waals surface area contributed by atoms with Crippen LogP contribution in [0, 0.1) is 0 Å². The third kappa shape index (κ3) is 5.90. The van der Waals surface area contributed by atoms with E-state index in [1.165, 1.54) is 29.6 Å². The second-order valence-corrected chi connectivity index (χ2v) is 9.12. The number of rotatable bonds is 13. The number of carbonyl (C=O) groups is 4. The first-order chi connectivity index (χ1) is 16.1. The molecule has 0 bridgehead atoms. The summed E-state index contributed by atoms with van der Waals surface area (Å²) in [6, 6.07) is 3.09. The summed E-state index contributed by atoms with van der Waals surface area (Å²) in [4.78, 5) is 50.8. The predicted octanol–water partition coefficient (Wildman–Crippen LogP) is 0.882. The highest BCUT2D eigenvalue weighted by atomic mass is 32.2. The van der Waals surface area contributed by atoms with Gasteiger partial charge in [0.1, 0.15) is 12.3 Å². The third-order valence-electron chi connectivity index (χ3n) is 5.10. The van der Waals surface area contributed by atoms with Crippen molar-refractivity contribution in [2.75, 3.05) is 51.8 Å². The first-order valence-electron chi connectivity index (χ1n) is 10.8. The van der Waals surface area contributed by atoms with Crippen LogP contribution >= 0.6 is 0 Å². The van der Waals surface area contributed by atoms with E-state index in [-0.39, 0.29) is 36.0 Å². The zero-order chi connectivity index (χ0) is 25.5. The van der Waals surface area contributed by atoms with Crippen molar-refractivity contribution in [3.05, 3.63) is 18.2 Å². The van der Waals surface area contributed by atoms with Gasteiger partial charge in [-0.05, 0) is 31.5 Å². The van der Waals surface area contributed by atoms with E-state index in [4.69, 9.17) is 9.47 Å². The van der Waals surface area contributed by atoms with E-state index < -0.39 is 40.3 Å². The minimum Gasteiger partial charge on any atom is -0.495 e. The van der Waals surface area contributed by atoms with Gasteiger partial charge in [0.05, 0.1) is 17.7 Å². The molecule has 1 heterocycles. The molecule has 1 saturated heterocycles. The van der Waals surface area contributed by atoms with Crippen LogP contribution in [0.3, 0.4) is 0 Å². The summed E-state index contributed by atoms with van der Waals surface area (Å²) >= 11 is 0. The van der Waals surface area contributed by atoms with Gasteiger partial charge >= 0.3 is 17.8 Å². The van der Waals surface area contributed by atoms with Crippen LogP contribution in [0.4, 0.5) is 10.5 Å². The molecule has 1 aliphatic heterocycles. The largest absolute Gasteiger partial charge is 0.495 e. The number of anilines is 1. The summed E-state index contributed by atoms with van der Waals surface area (Å²) in [7, 11) is -2.46. The van der Waals surface area contributed by atoms with Crippen molar-refractivity contribution in [3.63, 3.8) is 0 Å². The molecule has 2 rings (SSSR count). The molecule has 1 N–H and O–H groups in total. The molecule has 188 valence electrons. The lowest BCUT2D eigenvalue weighted by molar-refractivity contribution is -0.143. The lowest BCUT2D eigenvalue weighted by atomic mass is 10.3. The fourth-order valence-electron chi connectivity index (χ4n) is 3.35. The fraction of sp³-hybridized carbons (Fsp3) is 0.524. The maximum Gasteiger partial charge on any atom is 0.334 e. The topological polar surface area (TPSA) is 143 Å². The van der Waals surface area contributed by atoms with Crippen molar-refractivity contribution in [3.8, 4) is 5.75 Å². The normalized spacial score (nSPS) is 14.3. The van der Waals surface area contributed by atoms with Gasteiger partial charge in [-0.1, -0.05) is 13.8 Å². The molecule has 1 aliphatic rings. The second-order valence-electron chi connectivity index (χ2n) is 7.18. The molecule has 13 heteroatoms. The molecule has 0 radical (unpaired) electrons. The van der Waals surface area contributed by atoms with Crippen molar-refractivity contribution < 1.29 is 37.1 Å². The standard InChI is InChI=1S/C21H30N4O8S/c1-5-23(6-2)34(30,31)15-9-10-17(32-4)16(13-15)22-18(26)14-25-20(28)19(27)24(21(25)29)11-8-12-33-7-3/h9-10,13H,5-8,11-12,14H2,1-4H3,(H,22,26). The Hall–Kier alpha value is -3.03. The predicted molar refractivity (Wildman–Crippen MR) is 122 cm³/mol. The summed E-state index contributed by atoms with van der Waals surface area (Å²) in [6.07, 6.45) is 0.351. The molecule has 0 aromatic heterocycles. The van der Waals surface area contributed by atoms with Crippen molar-refractivity contribution in [2.45, 2.75) is 32.1 Å². The van der Waals surface area contributed by atoms with Crippen LogP contribution in [0.25, 0.3) is 0 Å². The minimum atomic E-state index is -3.81. The Kier molecular flexibility index (Phi) is 9.53. The van der Waals surface area contributed by atoms with Crippen LogP contribution in [0.1, 0.15) is 27.2 Å². The molecule has 0 atom stereocenters.